The van der Waals surface area contributed by atoms with Gasteiger partial charge in [0.1, 0.15) is 10.6 Å². The second kappa shape index (κ2) is 10.6. The van der Waals surface area contributed by atoms with Crippen LogP contribution >= 0.6 is 11.3 Å². The van der Waals surface area contributed by atoms with Crippen LogP contribution in [0.25, 0.3) is 21.9 Å². The largest absolute Gasteiger partial charge is 0.494 e. The normalized spacial score (nSPS) is 11.3. The van der Waals surface area contributed by atoms with Crippen molar-refractivity contribution >= 4 is 39.3 Å². The van der Waals surface area contributed by atoms with Gasteiger partial charge in [0.15, 0.2) is 0 Å². The molecular weight excluding hydrogens is 484 g/mol. The molecule has 6 nitrogen and oxygen atoms in total. The molecule has 37 heavy (non-hydrogen) atoms. The number of carbonyl (C=O) groups excluding carboxylic acids is 1. The summed E-state index contributed by atoms with van der Waals surface area (Å²) < 4.78 is 6.68. The molecule has 0 unspecified atom stereocenters. The number of aromatic hydroxyl groups is 1. The number of hydrogen-bond acceptors (Lipinski definition) is 6. The number of aromatic nitrogens is 1. The maximum atomic E-state index is 13.3. The van der Waals surface area contributed by atoms with E-state index in [1.165, 1.54) is 22.1 Å². The molecule has 0 aliphatic rings. The first-order valence-corrected chi connectivity index (χ1v) is 12.7. The molecule has 7 heteroatoms. The van der Waals surface area contributed by atoms with Gasteiger partial charge in [-0.05, 0) is 24.1 Å². The Morgan fingerprint density at radius 2 is 1.62 bits per heavy atom. The lowest BCUT2D eigenvalue weighted by molar-refractivity contribution is 0.0529. The van der Waals surface area contributed by atoms with Crippen molar-refractivity contribution in [2.24, 2.45) is 4.99 Å². The fraction of sp³-hybridized carbons (Fsp3) is 0.100. The van der Waals surface area contributed by atoms with Crippen LogP contribution in [0.2, 0.25) is 0 Å². The molecule has 0 spiro atoms. The van der Waals surface area contributed by atoms with Crippen LogP contribution < -0.4 is 5.56 Å². The van der Waals surface area contributed by atoms with E-state index >= 15 is 0 Å². The van der Waals surface area contributed by atoms with E-state index in [1.54, 1.807) is 25.1 Å². The molecule has 0 saturated carbocycles. The van der Waals surface area contributed by atoms with Gasteiger partial charge >= 0.3 is 5.97 Å². The number of rotatable bonds is 7. The fourth-order valence-corrected chi connectivity index (χ4v) is 5.16. The molecule has 5 rings (SSSR count). The Labute approximate surface area is 217 Å². The van der Waals surface area contributed by atoms with Crippen molar-refractivity contribution < 1.29 is 14.6 Å². The molecule has 0 fully saturated rings. The Morgan fingerprint density at radius 3 is 2.32 bits per heavy atom. The van der Waals surface area contributed by atoms with Crippen molar-refractivity contribution in [3.63, 3.8) is 0 Å². The summed E-state index contributed by atoms with van der Waals surface area (Å²) in [5.41, 5.74) is 2.98. The highest BCUT2D eigenvalue weighted by molar-refractivity contribution is 7.14. The Bertz CT molecular complexity index is 1650. The SMILES string of the molecule is CCOC(=O)c1c(-c2ccccc2)csc1/N=C/c1c(O)n(Cc2ccccc2)c(=O)c2ccccc12. The van der Waals surface area contributed by atoms with Crippen molar-refractivity contribution in [3.05, 3.63) is 117 Å². The van der Waals surface area contributed by atoms with Gasteiger partial charge in [-0.1, -0.05) is 78.9 Å². The molecule has 0 aliphatic carbocycles. The number of nitrogens with zero attached hydrogens (tertiary/aromatic N) is 2. The highest BCUT2D eigenvalue weighted by Gasteiger charge is 2.22. The first-order chi connectivity index (χ1) is 18.1. The summed E-state index contributed by atoms with van der Waals surface area (Å²) >= 11 is 1.32. The predicted octanol–water partition coefficient (Wildman–Crippen LogP) is 6.41. The number of benzene rings is 3. The third-order valence-electron chi connectivity index (χ3n) is 6.02. The highest BCUT2D eigenvalue weighted by Crippen LogP contribution is 2.38. The fourth-order valence-electron chi connectivity index (χ4n) is 4.25. The van der Waals surface area contributed by atoms with Crippen molar-refractivity contribution in [2.45, 2.75) is 13.5 Å². The monoisotopic (exact) mass is 508 g/mol. The second-order valence-electron chi connectivity index (χ2n) is 8.33. The lowest BCUT2D eigenvalue weighted by atomic mass is 10.0. The molecule has 2 heterocycles. The summed E-state index contributed by atoms with van der Waals surface area (Å²) in [4.78, 5) is 30.8. The number of pyridine rings is 1. The van der Waals surface area contributed by atoms with Gasteiger partial charge in [-0.15, -0.1) is 11.3 Å². The van der Waals surface area contributed by atoms with E-state index in [0.717, 1.165) is 16.7 Å². The zero-order valence-electron chi connectivity index (χ0n) is 20.1. The molecule has 0 saturated heterocycles. The predicted molar refractivity (Wildman–Crippen MR) is 148 cm³/mol. The maximum Gasteiger partial charge on any atom is 0.341 e. The van der Waals surface area contributed by atoms with E-state index in [9.17, 15) is 14.7 Å². The van der Waals surface area contributed by atoms with Gasteiger partial charge in [0, 0.05) is 27.9 Å². The molecule has 3 aromatic carbocycles. The first-order valence-electron chi connectivity index (χ1n) is 11.8. The van der Waals surface area contributed by atoms with Crippen molar-refractivity contribution in [1.82, 2.24) is 4.57 Å². The summed E-state index contributed by atoms with van der Waals surface area (Å²) in [6, 6.07) is 26.2. The molecule has 184 valence electrons. The van der Waals surface area contributed by atoms with Crippen molar-refractivity contribution in [1.29, 1.82) is 0 Å². The number of ether oxygens (including phenoxy) is 1. The number of thiophene rings is 1. The van der Waals surface area contributed by atoms with Gasteiger partial charge in [0.25, 0.3) is 5.56 Å². The Morgan fingerprint density at radius 1 is 0.973 bits per heavy atom. The van der Waals surface area contributed by atoms with E-state index in [-0.39, 0.29) is 24.6 Å². The zero-order valence-corrected chi connectivity index (χ0v) is 20.9. The van der Waals surface area contributed by atoms with Crippen LogP contribution in [0.1, 0.15) is 28.4 Å². The van der Waals surface area contributed by atoms with E-state index in [4.69, 9.17) is 4.74 Å². The minimum atomic E-state index is -0.460. The third kappa shape index (κ3) is 4.81. The lowest BCUT2D eigenvalue weighted by Crippen LogP contribution is -2.22. The van der Waals surface area contributed by atoms with E-state index in [0.29, 0.717) is 26.9 Å². The molecule has 0 aliphatic heterocycles. The van der Waals surface area contributed by atoms with Crippen molar-refractivity contribution in [3.8, 4) is 17.0 Å². The maximum absolute atomic E-state index is 13.3. The van der Waals surface area contributed by atoms with Gasteiger partial charge in [-0.2, -0.15) is 0 Å². The Balaban J connectivity index is 1.65. The van der Waals surface area contributed by atoms with Gasteiger partial charge < -0.3 is 9.84 Å². The summed E-state index contributed by atoms with van der Waals surface area (Å²) in [5, 5.41) is 14.6. The summed E-state index contributed by atoms with van der Waals surface area (Å²) in [6.07, 6.45) is 1.52. The Hall–Kier alpha value is -4.49. The van der Waals surface area contributed by atoms with Crippen molar-refractivity contribution in [2.75, 3.05) is 6.61 Å². The molecule has 0 bridgehead atoms. The average molecular weight is 509 g/mol. The molecule has 0 radical (unpaired) electrons. The van der Waals surface area contributed by atoms with Gasteiger partial charge in [-0.25, -0.2) is 9.79 Å². The standard InChI is InChI=1S/C30H24N2O4S/c1-2-36-30(35)26-25(21-13-7-4-8-14-21)19-37-27(26)31-17-24-22-15-9-10-16-23(22)28(33)32(29(24)34)18-20-11-5-3-6-12-20/h3-17,19,34H,2,18H2,1H3/b31-17+. The van der Waals surface area contributed by atoms with Crippen LogP contribution in [0.4, 0.5) is 5.00 Å². The number of hydrogen-bond donors (Lipinski definition) is 1. The van der Waals surface area contributed by atoms with Crippen LogP contribution in [0.3, 0.4) is 0 Å². The third-order valence-corrected chi connectivity index (χ3v) is 6.91. The molecule has 5 aromatic rings. The number of esters is 1. The summed E-state index contributed by atoms with van der Waals surface area (Å²) in [7, 11) is 0. The summed E-state index contributed by atoms with van der Waals surface area (Å²) in [5.74, 6) is -0.647. The molecule has 2 aromatic heterocycles. The van der Waals surface area contributed by atoms with Gasteiger partial charge in [0.05, 0.1) is 18.7 Å². The van der Waals surface area contributed by atoms with Crippen LogP contribution in [0.15, 0.2) is 100 Å². The number of aliphatic imine (C=N–C) groups is 1. The Kier molecular flexibility index (Phi) is 6.96. The number of fused-ring (bicyclic) bond motifs is 1. The second-order valence-corrected chi connectivity index (χ2v) is 9.19. The van der Waals surface area contributed by atoms with Crippen LogP contribution in [-0.2, 0) is 11.3 Å². The average Bonchev–Trinajstić information content (AvgIpc) is 3.36. The summed E-state index contributed by atoms with van der Waals surface area (Å²) in [6.45, 7) is 2.21. The van der Waals surface area contributed by atoms with E-state index in [2.05, 4.69) is 4.99 Å². The van der Waals surface area contributed by atoms with Crippen LogP contribution in [0.5, 0.6) is 5.88 Å². The van der Waals surface area contributed by atoms with Crippen LogP contribution in [0, 0.1) is 0 Å². The van der Waals surface area contributed by atoms with E-state index in [1.807, 2.05) is 72.1 Å². The minimum Gasteiger partial charge on any atom is -0.494 e. The van der Waals surface area contributed by atoms with E-state index < -0.39 is 5.97 Å². The smallest absolute Gasteiger partial charge is 0.341 e. The molecule has 0 amide bonds. The van der Waals surface area contributed by atoms with Gasteiger partial charge in [0.2, 0.25) is 5.88 Å². The molecule has 0 atom stereocenters. The first kappa shape index (κ1) is 24.2. The molecular formula is C30H24N2O4S. The quantitative estimate of drug-likeness (QED) is 0.203. The number of carbonyl (C=O) groups is 1. The zero-order chi connectivity index (χ0) is 25.8. The lowest BCUT2D eigenvalue weighted by Gasteiger charge is -2.13. The topological polar surface area (TPSA) is 80.9 Å². The van der Waals surface area contributed by atoms with Gasteiger partial charge in [-0.3, -0.25) is 9.36 Å². The molecule has 1 N–H and O–H groups in total. The minimum absolute atomic E-state index is 0.186. The van der Waals surface area contributed by atoms with Crippen LogP contribution in [-0.4, -0.2) is 28.5 Å². The highest BCUT2D eigenvalue weighted by atomic mass is 32.1.